The van der Waals surface area contributed by atoms with Gasteiger partial charge in [0.2, 0.25) is 5.91 Å². The average Bonchev–Trinajstić information content (AvgIpc) is 2.17. The van der Waals surface area contributed by atoms with Gasteiger partial charge in [0.25, 0.3) is 0 Å². The molecule has 0 aliphatic rings. The van der Waals surface area contributed by atoms with E-state index in [-0.39, 0.29) is 5.91 Å². The fourth-order valence-electron chi connectivity index (χ4n) is 0.896. The number of nitrogens with zero attached hydrogens (tertiary/aromatic N) is 2. The fraction of sp³-hybridized carbons (Fsp3) is 0.800. The van der Waals surface area contributed by atoms with E-state index in [0.717, 1.165) is 6.42 Å². The highest BCUT2D eigenvalue weighted by atomic mass is 16.2. The summed E-state index contributed by atoms with van der Waals surface area (Å²) in [5.74, 6) is 0.478. The molecule has 0 bridgehead atoms. The third-order valence-corrected chi connectivity index (χ3v) is 2.11. The summed E-state index contributed by atoms with van der Waals surface area (Å²) in [6.45, 7) is 4.54. The molecule has 0 heterocycles. The molecular formula is C10H22N4O. The molecule has 0 aromatic heterocycles. The monoisotopic (exact) mass is 214 g/mol. The Kier molecular flexibility index (Phi) is 6.49. The minimum atomic E-state index is 0.0649. The normalized spacial score (nSPS) is 13.5. The van der Waals surface area contributed by atoms with Crippen LogP contribution in [0.5, 0.6) is 0 Å². The minimum Gasteiger partial charge on any atom is -0.370 e. The van der Waals surface area contributed by atoms with E-state index in [1.54, 1.807) is 19.0 Å². The molecule has 0 aromatic rings. The van der Waals surface area contributed by atoms with Crippen LogP contribution >= 0.6 is 0 Å². The summed E-state index contributed by atoms with van der Waals surface area (Å²) in [5.41, 5.74) is 5.63. The first-order valence-corrected chi connectivity index (χ1v) is 5.24. The highest BCUT2D eigenvalue weighted by Gasteiger charge is 2.03. The van der Waals surface area contributed by atoms with Crippen molar-refractivity contribution in [2.45, 2.75) is 32.7 Å². The van der Waals surface area contributed by atoms with Gasteiger partial charge in [-0.05, 0) is 13.3 Å². The van der Waals surface area contributed by atoms with Gasteiger partial charge in [0.1, 0.15) is 0 Å². The van der Waals surface area contributed by atoms with Gasteiger partial charge in [-0.3, -0.25) is 9.79 Å². The summed E-state index contributed by atoms with van der Waals surface area (Å²) in [4.78, 5) is 16.8. The van der Waals surface area contributed by atoms with Crippen LogP contribution in [0.4, 0.5) is 0 Å². The summed E-state index contributed by atoms with van der Waals surface area (Å²) in [6.07, 6.45) is 1.39. The molecule has 1 amide bonds. The van der Waals surface area contributed by atoms with Crippen LogP contribution in [0.1, 0.15) is 26.7 Å². The Morgan fingerprint density at radius 1 is 1.53 bits per heavy atom. The SMILES string of the molecule is CCC(C)NC(N)=NCCC(=O)N(C)C. The topological polar surface area (TPSA) is 70.7 Å². The molecule has 0 aliphatic heterocycles. The molecule has 0 fully saturated rings. The molecule has 0 aliphatic carbocycles. The zero-order chi connectivity index (χ0) is 11.8. The van der Waals surface area contributed by atoms with Crippen LogP contribution in [0.2, 0.25) is 0 Å². The Labute approximate surface area is 91.7 Å². The van der Waals surface area contributed by atoms with E-state index in [1.165, 1.54) is 0 Å². The van der Waals surface area contributed by atoms with Crippen molar-refractivity contribution in [3.8, 4) is 0 Å². The van der Waals surface area contributed by atoms with Crippen LogP contribution in [0.3, 0.4) is 0 Å². The van der Waals surface area contributed by atoms with Crippen LogP contribution in [0, 0.1) is 0 Å². The molecule has 1 atom stereocenters. The van der Waals surface area contributed by atoms with Gasteiger partial charge in [0.15, 0.2) is 5.96 Å². The second-order valence-electron chi connectivity index (χ2n) is 3.76. The van der Waals surface area contributed by atoms with E-state index in [4.69, 9.17) is 5.73 Å². The Bertz CT molecular complexity index is 225. The van der Waals surface area contributed by atoms with Crippen molar-refractivity contribution in [2.75, 3.05) is 20.6 Å². The third kappa shape index (κ3) is 6.76. The van der Waals surface area contributed by atoms with Crippen molar-refractivity contribution in [1.29, 1.82) is 0 Å². The van der Waals surface area contributed by atoms with Crippen molar-refractivity contribution in [1.82, 2.24) is 10.2 Å². The summed E-state index contributed by atoms with van der Waals surface area (Å²) in [7, 11) is 3.46. The maximum atomic E-state index is 11.2. The summed E-state index contributed by atoms with van der Waals surface area (Å²) < 4.78 is 0. The fourth-order valence-corrected chi connectivity index (χ4v) is 0.896. The van der Waals surface area contributed by atoms with Crippen molar-refractivity contribution in [3.63, 3.8) is 0 Å². The molecule has 5 heteroatoms. The van der Waals surface area contributed by atoms with E-state index in [9.17, 15) is 4.79 Å². The van der Waals surface area contributed by atoms with Gasteiger partial charge in [0.05, 0.1) is 6.54 Å². The summed E-state index contributed by atoms with van der Waals surface area (Å²) in [6, 6.07) is 0.318. The second kappa shape index (κ2) is 7.09. The van der Waals surface area contributed by atoms with Crippen molar-refractivity contribution < 1.29 is 4.79 Å². The van der Waals surface area contributed by atoms with Gasteiger partial charge >= 0.3 is 0 Å². The molecule has 0 saturated heterocycles. The Morgan fingerprint density at radius 2 is 2.13 bits per heavy atom. The molecule has 15 heavy (non-hydrogen) atoms. The van der Waals surface area contributed by atoms with E-state index >= 15 is 0 Å². The molecule has 0 saturated carbocycles. The predicted octanol–water partition coefficient (Wildman–Crippen LogP) is 0.168. The molecule has 0 rings (SSSR count). The number of carbonyl (C=O) groups is 1. The minimum absolute atomic E-state index is 0.0649. The van der Waals surface area contributed by atoms with Crippen LogP contribution in [0.25, 0.3) is 0 Å². The molecule has 88 valence electrons. The van der Waals surface area contributed by atoms with Crippen LogP contribution in [-0.2, 0) is 4.79 Å². The van der Waals surface area contributed by atoms with Crippen molar-refractivity contribution >= 4 is 11.9 Å². The van der Waals surface area contributed by atoms with Crippen LogP contribution < -0.4 is 11.1 Å². The number of nitrogens with two attached hydrogens (primary N) is 1. The molecule has 1 unspecified atom stereocenters. The van der Waals surface area contributed by atoms with E-state index in [1.807, 2.05) is 6.92 Å². The Balaban J connectivity index is 3.81. The highest BCUT2D eigenvalue weighted by molar-refractivity contribution is 5.79. The maximum Gasteiger partial charge on any atom is 0.223 e. The number of guanidine groups is 1. The number of carbonyl (C=O) groups excluding carboxylic acids is 1. The zero-order valence-corrected chi connectivity index (χ0v) is 10.1. The van der Waals surface area contributed by atoms with Crippen molar-refractivity contribution in [3.05, 3.63) is 0 Å². The lowest BCUT2D eigenvalue weighted by Gasteiger charge is -2.12. The molecule has 3 N–H and O–H groups in total. The average molecular weight is 214 g/mol. The molecule has 0 aromatic carbocycles. The van der Waals surface area contributed by atoms with Gasteiger partial charge in [-0.15, -0.1) is 0 Å². The first kappa shape index (κ1) is 13.7. The van der Waals surface area contributed by atoms with Gasteiger partial charge < -0.3 is 16.0 Å². The highest BCUT2D eigenvalue weighted by Crippen LogP contribution is 1.89. The molecule has 5 nitrogen and oxygen atoms in total. The third-order valence-electron chi connectivity index (χ3n) is 2.11. The van der Waals surface area contributed by atoms with Gasteiger partial charge in [-0.25, -0.2) is 0 Å². The lowest BCUT2D eigenvalue weighted by molar-refractivity contribution is -0.128. The number of nitrogens with one attached hydrogen (secondary N) is 1. The van der Waals surface area contributed by atoms with E-state index < -0.39 is 0 Å². The summed E-state index contributed by atoms with van der Waals surface area (Å²) >= 11 is 0. The van der Waals surface area contributed by atoms with Gasteiger partial charge in [-0.1, -0.05) is 6.92 Å². The standard InChI is InChI=1S/C10H22N4O/c1-5-8(2)13-10(11)12-7-6-9(15)14(3)4/h8H,5-7H2,1-4H3,(H3,11,12,13). The lowest BCUT2D eigenvalue weighted by atomic mass is 10.3. The zero-order valence-electron chi connectivity index (χ0n) is 10.1. The van der Waals surface area contributed by atoms with Gasteiger partial charge in [0, 0.05) is 26.6 Å². The van der Waals surface area contributed by atoms with Crippen LogP contribution in [-0.4, -0.2) is 43.4 Å². The first-order valence-electron chi connectivity index (χ1n) is 5.24. The van der Waals surface area contributed by atoms with Gasteiger partial charge in [-0.2, -0.15) is 0 Å². The predicted molar refractivity (Wildman–Crippen MR) is 62.7 cm³/mol. The Hall–Kier alpha value is -1.26. The number of hydrogen-bond donors (Lipinski definition) is 2. The smallest absolute Gasteiger partial charge is 0.223 e. The summed E-state index contributed by atoms with van der Waals surface area (Å²) in [5, 5.41) is 3.04. The number of amides is 1. The number of aliphatic imine (C=N–C) groups is 1. The van der Waals surface area contributed by atoms with Crippen molar-refractivity contribution in [2.24, 2.45) is 10.7 Å². The largest absolute Gasteiger partial charge is 0.370 e. The Morgan fingerprint density at radius 3 is 2.60 bits per heavy atom. The van der Waals surface area contributed by atoms with E-state index in [2.05, 4.69) is 17.2 Å². The molecule has 0 radical (unpaired) electrons. The maximum absolute atomic E-state index is 11.2. The number of hydrogen-bond acceptors (Lipinski definition) is 2. The second-order valence-corrected chi connectivity index (χ2v) is 3.76. The molecular weight excluding hydrogens is 192 g/mol. The quantitative estimate of drug-likeness (QED) is 0.506. The number of rotatable bonds is 5. The van der Waals surface area contributed by atoms with Crippen LogP contribution in [0.15, 0.2) is 4.99 Å². The lowest BCUT2D eigenvalue weighted by Crippen LogP contribution is -2.38. The van der Waals surface area contributed by atoms with E-state index in [0.29, 0.717) is 25.0 Å². The molecule has 0 spiro atoms. The first-order chi connectivity index (χ1) is 6.97.